The zero-order chi connectivity index (χ0) is 14.8. The van der Waals surface area contributed by atoms with E-state index in [2.05, 4.69) is 24.5 Å². The lowest BCUT2D eigenvalue weighted by molar-refractivity contribution is -0.123. The van der Waals surface area contributed by atoms with Gasteiger partial charge in [-0.3, -0.25) is 4.79 Å². The summed E-state index contributed by atoms with van der Waals surface area (Å²) in [6, 6.07) is 0.258. The van der Waals surface area contributed by atoms with Crippen molar-refractivity contribution in [2.24, 2.45) is 5.92 Å². The van der Waals surface area contributed by atoms with Crippen molar-refractivity contribution in [1.29, 1.82) is 0 Å². The van der Waals surface area contributed by atoms with Gasteiger partial charge in [0, 0.05) is 19.2 Å². The normalized spacial score (nSPS) is 18.2. The van der Waals surface area contributed by atoms with Gasteiger partial charge in [-0.25, -0.2) is 0 Å². The second-order valence-corrected chi connectivity index (χ2v) is 6.31. The molecule has 118 valence electrons. The summed E-state index contributed by atoms with van der Waals surface area (Å²) in [6.07, 6.45) is 7.17. The summed E-state index contributed by atoms with van der Waals surface area (Å²) < 4.78 is 5.53. The number of carbonyl (C=O) groups is 1. The molecular formula is C16H32N2O2. The van der Waals surface area contributed by atoms with Gasteiger partial charge >= 0.3 is 0 Å². The maximum atomic E-state index is 12.0. The van der Waals surface area contributed by atoms with E-state index in [1.807, 2.05) is 6.92 Å². The molecule has 0 radical (unpaired) electrons. The third-order valence-corrected chi connectivity index (χ3v) is 3.88. The van der Waals surface area contributed by atoms with Crippen LogP contribution in [0.4, 0.5) is 0 Å². The van der Waals surface area contributed by atoms with Crippen LogP contribution < -0.4 is 10.6 Å². The number of carbonyl (C=O) groups excluding carboxylic acids is 1. The summed E-state index contributed by atoms with van der Waals surface area (Å²) in [5.74, 6) is 0.808. The van der Waals surface area contributed by atoms with Crippen LogP contribution in [0.15, 0.2) is 0 Å². The lowest BCUT2D eigenvalue weighted by Crippen LogP contribution is -2.47. The lowest BCUT2D eigenvalue weighted by atomic mass is 9.95. The average Bonchev–Trinajstić information content (AvgIpc) is 2.43. The van der Waals surface area contributed by atoms with Gasteiger partial charge in [0.15, 0.2) is 0 Å². The van der Waals surface area contributed by atoms with Crippen LogP contribution in [-0.4, -0.2) is 37.7 Å². The highest BCUT2D eigenvalue weighted by atomic mass is 16.5. The van der Waals surface area contributed by atoms with Crippen LogP contribution in [0.25, 0.3) is 0 Å². The van der Waals surface area contributed by atoms with Gasteiger partial charge in [0.05, 0.1) is 12.6 Å². The molecule has 0 spiro atoms. The van der Waals surface area contributed by atoms with Crippen LogP contribution in [-0.2, 0) is 9.53 Å². The van der Waals surface area contributed by atoms with Crippen molar-refractivity contribution in [3.8, 4) is 0 Å². The van der Waals surface area contributed by atoms with E-state index in [4.69, 9.17) is 4.74 Å². The molecule has 0 aromatic carbocycles. The van der Waals surface area contributed by atoms with Crippen molar-refractivity contribution >= 4 is 5.91 Å². The Morgan fingerprint density at radius 2 is 1.85 bits per heavy atom. The Hall–Kier alpha value is -0.610. The van der Waals surface area contributed by atoms with Crippen LogP contribution in [0.2, 0.25) is 0 Å². The second kappa shape index (κ2) is 10.2. The first-order chi connectivity index (χ1) is 9.59. The molecule has 1 fully saturated rings. The Bertz CT molecular complexity index is 263. The molecule has 0 bridgehead atoms. The Kier molecular flexibility index (Phi) is 8.86. The molecule has 2 N–H and O–H groups in total. The fourth-order valence-electron chi connectivity index (χ4n) is 2.43. The van der Waals surface area contributed by atoms with Crippen molar-refractivity contribution in [2.45, 2.75) is 71.4 Å². The van der Waals surface area contributed by atoms with Gasteiger partial charge in [0.25, 0.3) is 0 Å². The van der Waals surface area contributed by atoms with Gasteiger partial charge in [0.2, 0.25) is 5.91 Å². The molecule has 0 aromatic heterocycles. The predicted octanol–water partition coefficient (Wildman–Crippen LogP) is 2.48. The molecule has 1 unspecified atom stereocenters. The summed E-state index contributed by atoms with van der Waals surface area (Å²) in [6.45, 7) is 8.53. The van der Waals surface area contributed by atoms with E-state index in [0.29, 0.717) is 18.6 Å². The van der Waals surface area contributed by atoms with Gasteiger partial charge in [0.1, 0.15) is 0 Å². The van der Waals surface area contributed by atoms with Crippen molar-refractivity contribution in [2.75, 3.05) is 19.8 Å². The van der Waals surface area contributed by atoms with Gasteiger partial charge in [-0.2, -0.15) is 0 Å². The molecule has 1 atom stereocenters. The van der Waals surface area contributed by atoms with Crippen molar-refractivity contribution < 1.29 is 9.53 Å². The molecule has 20 heavy (non-hydrogen) atoms. The first kappa shape index (κ1) is 17.4. The van der Waals surface area contributed by atoms with E-state index >= 15 is 0 Å². The molecule has 1 aliphatic rings. The minimum absolute atomic E-state index is 0.124. The molecule has 0 aliphatic heterocycles. The van der Waals surface area contributed by atoms with Crippen LogP contribution >= 0.6 is 0 Å². The molecule has 4 heteroatoms. The largest absolute Gasteiger partial charge is 0.380 e. The van der Waals surface area contributed by atoms with E-state index in [0.717, 1.165) is 32.4 Å². The molecule has 1 saturated carbocycles. The van der Waals surface area contributed by atoms with E-state index in [-0.39, 0.29) is 11.9 Å². The second-order valence-electron chi connectivity index (χ2n) is 6.31. The quantitative estimate of drug-likeness (QED) is 0.640. The van der Waals surface area contributed by atoms with Gasteiger partial charge in [-0.15, -0.1) is 0 Å². The van der Waals surface area contributed by atoms with E-state index < -0.39 is 0 Å². The minimum atomic E-state index is -0.134. The van der Waals surface area contributed by atoms with E-state index in [9.17, 15) is 4.79 Å². The molecule has 4 nitrogen and oxygen atoms in total. The van der Waals surface area contributed by atoms with Crippen LogP contribution in [0.1, 0.15) is 59.3 Å². The van der Waals surface area contributed by atoms with Crippen LogP contribution in [0.3, 0.4) is 0 Å². The molecule has 0 heterocycles. The zero-order valence-corrected chi connectivity index (χ0v) is 13.4. The molecule has 0 aromatic rings. The maximum absolute atomic E-state index is 12.0. The monoisotopic (exact) mass is 284 g/mol. The minimum Gasteiger partial charge on any atom is -0.380 e. The van der Waals surface area contributed by atoms with Gasteiger partial charge in [-0.1, -0.05) is 33.1 Å². The fourth-order valence-corrected chi connectivity index (χ4v) is 2.43. The summed E-state index contributed by atoms with van der Waals surface area (Å²) in [5.41, 5.74) is 0. The highest BCUT2D eigenvalue weighted by molar-refractivity contribution is 5.81. The maximum Gasteiger partial charge on any atom is 0.237 e. The molecule has 1 aliphatic carbocycles. The van der Waals surface area contributed by atoms with Gasteiger partial charge < -0.3 is 15.4 Å². The topological polar surface area (TPSA) is 50.4 Å². The van der Waals surface area contributed by atoms with Crippen molar-refractivity contribution in [3.63, 3.8) is 0 Å². The Balaban J connectivity index is 2.03. The Morgan fingerprint density at radius 3 is 2.50 bits per heavy atom. The number of hydrogen-bond donors (Lipinski definition) is 2. The smallest absolute Gasteiger partial charge is 0.237 e. The number of nitrogens with one attached hydrogen (secondary N) is 2. The standard InChI is InChI=1S/C16H32N2O2/c1-13(2)9-11-20-12-10-17-14(3)16(19)18-15-7-5-4-6-8-15/h13-15,17H,4-12H2,1-3H3,(H,18,19). The molecule has 1 amide bonds. The summed E-state index contributed by atoms with van der Waals surface area (Å²) in [4.78, 5) is 12.0. The Morgan fingerprint density at radius 1 is 1.15 bits per heavy atom. The highest BCUT2D eigenvalue weighted by Gasteiger charge is 2.18. The first-order valence-electron chi connectivity index (χ1n) is 8.21. The zero-order valence-electron chi connectivity index (χ0n) is 13.4. The molecule has 1 rings (SSSR count). The summed E-state index contributed by atoms with van der Waals surface area (Å²) in [7, 11) is 0. The summed E-state index contributed by atoms with van der Waals surface area (Å²) >= 11 is 0. The number of hydrogen-bond acceptors (Lipinski definition) is 3. The SMILES string of the molecule is CC(C)CCOCCNC(C)C(=O)NC1CCCCC1. The fraction of sp³-hybridized carbons (Fsp3) is 0.938. The number of ether oxygens (including phenoxy) is 1. The number of amides is 1. The van der Waals surface area contributed by atoms with E-state index in [1.165, 1.54) is 19.3 Å². The number of rotatable bonds is 9. The highest BCUT2D eigenvalue weighted by Crippen LogP contribution is 2.17. The third-order valence-electron chi connectivity index (χ3n) is 3.88. The molecular weight excluding hydrogens is 252 g/mol. The van der Waals surface area contributed by atoms with E-state index in [1.54, 1.807) is 0 Å². The Labute approximate surface area is 124 Å². The van der Waals surface area contributed by atoms with Crippen LogP contribution in [0.5, 0.6) is 0 Å². The van der Waals surface area contributed by atoms with Crippen molar-refractivity contribution in [1.82, 2.24) is 10.6 Å². The van der Waals surface area contributed by atoms with Crippen LogP contribution in [0, 0.1) is 5.92 Å². The average molecular weight is 284 g/mol. The van der Waals surface area contributed by atoms with Crippen molar-refractivity contribution in [3.05, 3.63) is 0 Å². The summed E-state index contributed by atoms with van der Waals surface area (Å²) in [5, 5.41) is 6.37. The first-order valence-corrected chi connectivity index (χ1v) is 8.21. The molecule has 0 saturated heterocycles. The lowest BCUT2D eigenvalue weighted by Gasteiger charge is -2.24. The third kappa shape index (κ3) is 7.85. The predicted molar refractivity (Wildman–Crippen MR) is 82.8 cm³/mol. The van der Waals surface area contributed by atoms with Gasteiger partial charge in [-0.05, 0) is 32.1 Å².